The van der Waals surface area contributed by atoms with E-state index >= 15 is 0 Å². The summed E-state index contributed by atoms with van der Waals surface area (Å²) in [5.41, 5.74) is 2.11. The van der Waals surface area contributed by atoms with Crippen LogP contribution in [0, 0.1) is 10.1 Å². The molecule has 0 aliphatic carbocycles. The van der Waals surface area contributed by atoms with E-state index in [0.29, 0.717) is 11.3 Å². The molecular weight excluding hydrogens is 284 g/mol. The molecule has 7 nitrogen and oxygen atoms in total. The van der Waals surface area contributed by atoms with Crippen molar-refractivity contribution in [2.45, 2.75) is 6.42 Å². The number of benzene rings is 2. The minimum Gasteiger partial charge on any atom is -0.326 e. The molecule has 2 N–H and O–H groups in total. The first-order chi connectivity index (χ1) is 10.6. The SMILES string of the molecule is O=C(Cc1cccc([N+](=O)[O-])c1)Nc1ccc2[nH]ncc2c1. The summed E-state index contributed by atoms with van der Waals surface area (Å²) in [7, 11) is 0. The molecule has 1 aromatic heterocycles. The van der Waals surface area contributed by atoms with Crippen molar-refractivity contribution in [3.63, 3.8) is 0 Å². The number of non-ortho nitro benzene ring substituents is 1. The Morgan fingerprint density at radius 3 is 2.95 bits per heavy atom. The Bertz CT molecular complexity index is 857. The number of nitro groups is 1. The number of rotatable bonds is 4. The Kier molecular flexibility index (Phi) is 3.53. The van der Waals surface area contributed by atoms with E-state index in [1.807, 2.05) is 12.1 Å². The number of fused-ring (bicyclic) bond motifs is 1. The molecule has 22 heavy (non-hydrogen) atoms. The second-order valence-corrected chi connectivity index (χ2v) is 4.82. The van der Waals surface area contributed by atoms with Crippen molar-refractivity contribution in [3.05, 3.63) is 64.3 Å². The number of aromatic amines is 1. The molecule has 110 valence electrons. The van der Waals surface area contributed by atoms with Gasteiger partial charge in [0.1, 0.15) is 0 Å². The number of hydrogen-bond acceptors (Lipinski definition) is 4. The highest BCUT2D eigenvalue weighted by Gasteiger charge is 2.09. The molecule has 0 fully saturated rings. The van der Waals surface area contributed by atoms with Crippen LogP contribution in [0.1, 0.15) is 5.56 Å². The lowest BCUT2D eigenvalue weighted by atomic mass is 10.1. The van der Waals surface area contributed by atoms with Crippen molar-refractivity contribution < 1.29 is 9.72 Å². The fourth-order valence-electron chi connectivity index (χ4n) is 2.19. The number of nitro benzene ring substituents is 1. The van der Waals surface area contributed by atoms with Gasteiger partial charge in [-0.25, -0.2) is 0 Å². The zero-order chi connectivity index (χ0) is 15.5. The van der Waals surface area contributed by atoms with Gasteiger partial charge in [-0.2, -0.15) is 5.10 Å². The molecule has 7 heteroatoms. The molecular formula is C15H12N4O3. The smallest absolute Gasteiger partial charge is 0.269 e. The van der Waals surface area contributed by atoms with Gasteiger partial charge in [-0.05, 0) is 23.8 Å². The zero-order valence-electron chi connectivity index (χ0n) is 11.4. The highest BCUT2D eigenvalue weighted by molar-refractivity contribution is 5.94. The molecule has 0 saturated carbocycles. The normalized spacial score (nSPS) is 10.5. The predicted octanol–water partition coefficient (Wildman–Crippen LogP) is 2.65. The van der Waals surface area contributed by atoms with E-state index in [2.05, 4.69) is 15.5 Å². The number of carbonyl (C=O) groups is 1. The lowest BCUT2D eigenvalue weighted by molar-refractivity contribution is -0.384. The van der Waals surface area contributed by atoms with E-state index in [1.165, 1.54) is 12.1 Å². The summed E-state index contributed by atoms with van der Waals surface area (Å²) in [6, 6.07) is 11.5. The molecule has 0 aliphatic rings. The van der Waals surface area contributed by atoms with Crippen molar-refractivity contribution in [1.29, 1.82) is 0 Å². The van der Waals surface area contributed by atoms with Gasteiger partial charge in [0.15, 0.2) is 0 Å². The minimum atomic E-state index is -0.478. The van der Waals surface area contributed by atoms with E-state index in [1.54, 1.807) is 24.4 Å². The number of nitrogens with one attached hydrogen (secondary N) is 2. The van der Waals surface area contributed by atoms with Crippen molar-refractivity contribution in [3.8, 4) is 0 Å². The van der Waals surface area contributed by atoms with Crippen LogP contribution >= 0.6 is 0 Å². The summed E-state index contributed by atoms with van der Waals surface area (Å²) in [5, 5.41) is 21.1. The summed E-state index contributed by atoms with van der Waals surface area (Å²) in [5.74, 6) is -0.233. The number of hydrogen-bond donors (Lipinski definition) is 2. The van der Waals surface area contributed by atoms with Crippen LogP contribution in [0.25, 0.3) is 10.9 Å². The number of aromatic nitrogens is 2. The van der Waals surface area contributed by atoms with E-state index < -0.39 is 4.92 Å². The van der Waals surface area contributed by atoms with Gasteiger partial charge in [0, 0.05) is 23.2 Å². The van der Waals surface area contributed by atoms with Gasteiger partial charge in [0.25, 0.3) is 5.69 Å². The molecule has 1 heterocycles. The van der Waals surface area contributed by atoms with E-state index in [-0.39, 0.29) is 18.0 Å². The van der Waals surface area contributed by atoms with Crippen LogP contribution in [-0.2, 0) is 11.2 Å². The van der Waals surface area contributed by atoms with Crippen LogP contribution in [0.5, 0.6) is 0 Å². The van der Waals surface area contributed by atoms with E-state index in [9.17, 15) is 14.9 Å². The number of nitrogens with zero attached hydrogens (tertiary/aromatic N) is 2. The van der Waals surface area contributed by atoms with Crippen LogP contribution in [0.15, 0.2) is 48.7 Å². The van der Waals surface area contributed by atoms with Crippen LogP contribution in [0.2, 0.25) is 0 Å². The lowest BCUT2D eigenvalue weighted by Crippen LogP contribution is -2.14. The van der Waals surface area contributed by atoms with E-state index in [0.717, 1.165) is 10.9 Å². The predicted molar refractivity (Wildman–Crippen MR) is 81.5 cm³/mol. The zero-order valence-corrected chi connectivity index (χ0v) is 11.4. The maximum Gasteiger partial charge on any atom is 0.269 e. The maximum atomic E-state index is 12.0. The van der Waals surface area contributed by atoms with Gasteiger partial charge in [0.05, 0.1) is 23.1 Å². The van der Waals surface area contributed by atoms with Gasteiger partial charge in [-0.15, -0.1) is 0 Å². The second-order valence-electron chi connectivity index (χ2n) is 4.82. The highest BCUT2D eigenvalue weighted by atomic mass is 16.6. The van der Waals surface area contributed by atoms with Crippen molar-refractivity contribution in [2.24, 2.45) is 0 Å². The Balaban J connectivity index is 1.71. The number of anilines is 1. The molecule has 0 atom stereocenters. The molecule has 0 unspecified atom stereocenters. The number of carbonyl (C=O) groups excluding carboxylic acids is 1. The molecule has 2 aromatic carbocycles. The molecule has 0 aliphatic heterocycles. The van der Waals surface area contributed by atoms with Crippen molar-refractivity contribution >= 4 is 28.2 Å². The van der Waals surface area contributed by atoms with Crippen LogP contribution in [0.3, 0.4) is 0 Å². The van der Waals surface area contributed by atoms with Crippen LogP contribution in [0.4, 0.5) is 11.4 Å². The third-order valence-corrected chi connectivity index (χ3v) is 3.21. The topological polar surface area (TPSA) is 101 Å². The highest BCUT2D eigenvalue weighted by Crippen LogP contribution is 2.18. The molecule has 0 bridgehead atoms. The molecule has 1 amide bonds. The molecule has 3 rings (SSSR count). The van der Waals surface area contributed by atoms with Gasteiger partial charge in [0.2, 0.25) is 5.91 Å². The second kappa shape index (κ2) is 5.65. The standard InChI is InChI=1S/C15H12N4O3/c20-15(7-10-2-1-3-13(6-10)19(21)22)17-12-4-5-14-11(8-12)9-16-18-14/h1-6,8-9H,7H2,(H,16,18)(H,17,20). The summed E-state index contributed by atoms with van der Waals surface area (Å²) < 4.78 is 0. The van der Waals surface area contributed by atoms with Crippen LogP contribution in [-0.4, -0.2) is 21.0 Å². The Morgan fingerprint density at radius 1 is 1.27 bits per heavy atom. The monoisotopic (exact) mass is 296 g/mol. The van der Waals surface area contributed by atoms with Gasteiger partial charge >= 0.3 is 0 Å². The fourth-order valence-corrected chi connectivity index (χ4v) is 2.19. The van der Waals surface area contributed by atoms with Gasteiger partial charge < -0.3 is 5.32 Å². The third-order valence-electron chi connectivity index (χ3n) is 3.21. The van der Waals surface area contributed by atoms with Gasteiger partial charge in [-0.1, -0.05) is 12.1 Å². The molecule has 0 radical (unpaired) electrons. The maximum absolute atomic E-state index is 12.0. The quantitative estimate of drug-likeness (QED) is 0.570. The first-order valence-corrected chi connectivity index (χ1v) is 6.58. The molecule has 0 saturated heterocycles. The fraction of sp³-hybridized carbons (Fsp3) is 0.0667. The van der Waals surface area contributed by atoms with Crippen molar-refractivity contribution in [2.75, 3.05) is 5.32 Å². The molecule has 3 aromatic rings. The molecule has 0 spiro atoms. The number of amides is 1. The first kappa shape index (κ1) is 13.7. The summed E-state index contributed by atoms with van der Waals surface area (Å²) in [4.78, 5) is 22.3. The average Bonchev–Trinajstić information content (AvgIpc) is 2.95. The lowest BCUT2D eigenvalue weighted by Gasteiger charge is -2.05. The first-order valence-electron chi connectivity index (χ1n) is 6.58. The largest absolute Gasteiger partial charge is 0.326 e. The van der Waals surface area contributed by atoms with Crippen LogP contribution < -0.4 is 5.32 Å². The van der Waals surface area contributed by atoms with Crippen molar-refractivity contribution in [1.82, 2.24) is 10.2 Å². The third kappa shape index (κ3) is 2.93. The number of H-pyrrole nitrogens is 1. The van der Waals surface area contributed by atoms with E-state index in [4.69, 9.17) is 0 Å². The summed E-state index contributed by atoms with van der Waals surface area (Å²) in [6.07, 6.45) is 1.75. The minimum absolute atomic E-state index is 0.0230. The average molecular weight is 296 g/mol. The Hall–Kier alpha value is -3.22. The summed E-state index contributed by atoms with van der Waals surface area (Å²) in [6.45, 7) is 0. The Labute approximate surface area is 125 Å². The summed E-state index contributed by atoms with van der Waals surface area (Å²) >= 11 is 0. The van der Waals surface area contributed by atoms with Gasteiger partial charge in [-0.3, -0.25) is 20.0 Å². The Morgan fingerprint density at radius 2 is 2.14 bits per heavy atom.